The van der Waals surface area contributed by atoms with Gasteiger partial charge in [-0.1, -0.05) is 20.8 Å². The quantitative estimate of drug-likeness (QED) is 0.0502. The molecule has 0 bridgehead atoms. The van der Waals surface area contributed by atoms with E-state index < -0.39 is 36.5 Å². The molecule has 0 aliphatic carbocycles. The van der Waals surface area contributed by atoms with Crippen LogP contribution in [0.25, 0.3) is 0 Å². The molecule has 0 spiro atoms. The predicted octanol–water partition coefficient (Wildman–Crippen LogP) is -3.66. The molecule has 3 aromatic rings. The molecule has 0 saturated carbocycles. The molecule has 0 fully saturated rings. The second-order valence-corrected chi connectivity index (χ2v) is 16.1. The van der Waals surface area contributed by atoms with Gasteiger partial charge >= 0.3 is 59.1 Å². The van der Waals surface area contributed by atoms with Crippen LogP contribution in [0.3, 0.4) is 0 Å². The van der Waals surface area contributed by atoms with Crippen molar-refractivity contribution in [1.29, 1.82) is 0 Å². The molecule has 1 aliphatic rings. The zero-order chi connectivity index (χ0) is 35.4. The average molecular weight is 769 g/mol. The summed E-state index contributed by atoms with van der Waals surface area (Å²) in [6.07, 6.45) is 1.13. The van der Waals surface area contributed by atoms with Crippen molar-refractivity contribution in [2.24, 2.45) is 15.5 Å². The van der Waals surface area contributed by atoms with Crippen molar-refractivity contribution in [3.8, 4) is 0 Å². The van der Waals surface area contributed by atoms with Gasteiger partial charge in [-0.2, -0.15) is 14.1 Å². The molecule has 1 unspecified atom stereocenters. The van der Waals surface area contributed by atoms with Gasteiger partial charge in [0.15, 0.2) is 5.82 Å². The Hall–Kier alpha value is -1.27. The minimum atomic E-state index is -4.78. The maximum atomic E-state index is 11.7. The zero-order valence-electron chi connectivity index (χ0n) is 29.5. The maximum Gasteiger partial charge on any atom is 1.00 e. The van der Waals surface area contributed by atoms with E-state index in [1.807, 2.05) is 59.7 Å². The van der Waals surface area contributed by atoms with E-state index in [4.69, 9.17) is 10.1 Å². The van der Waals surface area contributed by atoms with Crippen LogP contribution >= 0.6 is 12.0 Å². The van der Waals surface area contributed by atoms with Crippen LogP contribution in [0.5, 0.6) is 0 Å². The topological polar surface area (TPSA) is 216 Å². The minimum absolute atomic E-state index is 0. The fourth-order valence-corrected chi connectivity index (χ4v) is 6.51. The predicted molar refractivity (Wildman–Crippen MR) is 178 cm³/mol. The number of hydrogen-bond donors (Lipinski definition) is 2. The molecule has 21 heteroatoms. The maximum absolute atomic E-state index is 11.7. The first-order valence-corrected chi connectivity index (χ1v) is 18.9. The second-order valence-electron chi connectivity index (χ2n) is 12.2. The molecule has 2 aromatic carbocycles. The Morgan fingerprint density at radius 2 is 1.80 bits per heavy atom. The molecular formula is C29H38N8Na2O8S3. The van der Waals surface area contributed by atoms with Gasteiger partial charge in [0.2, 0.25) is 15.8 Å². The Balaban J connectivity index is 0.00000433. The van der Waals surface area contributed by atoms with E-state index in [1.165, 1.54) is 6.07 Å². The van der Waals surface area contributed by atoms with Crippen LogP contribution in [-0.4, -0.2) is 73.6 Å². The Kier molecular flexibility index (Phi) is 16.8. The molecule has 4 rings (SSSR count). The van der Waals surface area contributed by atoms with E-state index >= 15 is 0 Å². The average Bonchev–Trinajstić information content (AvgIpc) is 3.57. The van der Waals surface area contributed by atoms with Gasteiger partial charge in [0.05, 0.1) is 40.6 Å². The Morgan fingerprint density at radius 3 is 2.38 bits per heavy atom. The van der Waals surface area contributed by atoms with Crippen LogP contribution in [-0.2, 0) is 36.1 Å². The van der Waals surface area contributed by atoms with Crippen molar-refractivity contribution < 1.29 is 95.1 Å². The number of aliphatic imine (C=N–C) groups is 1. The van der Waals surface area contributed by atoms with Gasteiger partial charge < -0.3 is 20.0 Å². The molecule has 1 aliphatic heterocycles. The number of fused-ring (bicyclic) bond motifs is 1. The fraction of sp³-hybridized carbons (Fsp3) is 0.448. The number of sulfonamides is 1. The summed E-state index contributed by atoms with van der Waals surface area (Å²) in [7, 11) is -8.06. The molecule has 1 aromatic heterocycles. The number of benzene rings is 2. The monoisotopic (exact) mass is 768 g/mol. The first-order valence-electron chi connectivity index (χ1n) is 14.8. The van der Waals surface area contributed by atoms with E-state index in [1.54, 1.807) is 10.7 Å². The van der Waals surface area contributed by atoms with Crippen LogP contribution in [0, 0.1) is 12.3 Å². The van der Waals surface area contributed by atoms with Crippen LogP contribution in [0.2, 0.25) is 0 Å². The number of aryl methyl sites for hydroxylation is 1. The van der Waals surface area contributed by atoms with Crippen LogP contribution in [0.1, 0.15) is 63.4 Å². The van der Waals surface area contributed by atoms with Gasteiger partial charge in [-0.15, -0.1) is 10.2 Å². The summed E-state index contributed by atoms with van der Waals surface area (Å²) in [6.45, 7) is 13.5. The summed E-state index contributed by atoms with van der Waals surface area (Å²) >= 11 is 0.476. The van der Waals surface area contributed by atoms with Crippen molar-refractivity contribution in [3.63, 3.8) is 0 Å². The van der Waals surface area contributed by atoms with Gasteiger partial charge in [-0.3, -0.25) is 5.04 Å². The standard InChI is InChI=1S/C29H40N8O8S3.2Na/c1-8-36(12-11-31-47(7,39)40)21-9-10-24(18(2)13-21)32-25-26(29(4,5)6)35-37-27(33-34-28(25)37)19(3)30-17-20-14-22(46-45-44-38)16-23(15-20)48(41,42)43;;/h9-10,13-16,19,30-31,38H,8,11-12,17H2,1-7H3,(H,41,42,43);;/q;2*+1/p-2. The minimum Gasteiger partial charge on any atom is -0.744 e. The van der Waals surface area contributed by atoms with Crippen LogP contribution in [0.4, 0.5) is 11.4 Å². The number of aromatic nitrogens is 3. The number of rotatable bonds is 15. The third-order valence-electron chi connectivity index (χ3n) is 7.30. The Bertz CT molecular complexity index is 1930. The van der Waals surface area contributed by atoms with Crippen LogP contribution < -0.4 is 79.3 Å². The smallest absolute Gasteiger partial charge is 0.744 e. The van der Waals surface area contributed by atoms with Gasteiger partial charge in [0.1, 0.15) is 15.8 Å². The molecule has 2 heterocycles. The van der Waals surface area contributed by atoms with E-state index in [0.29, 0.717) is 59.5 Å². The van der Waals surface area contributed by atoms with E-state index in [0.717, 1.165) is 23.6 Å². The number of nitrogens with zero attached hydrogens (tertiary/aromatic N) is 6. The third kappa shape index (κ3) is 11.9. The number of likely N-dealkylation sites (N-methyl/N-ethyl adjacent to an activating group) is 1. The van der Waals surface area contributed by atoms with Gasteiger partial charge in [0, 0.05) is 42.2 Å². The summed E-state index contributed by atoms with van der Waals surface area (Å²) in [5.41, 5.74) is 3.88. The van der Waals surface area contributed by atoms with Crippen molar-refractivity contribution in [2.75, 3.05) is 30.8 Å². The van der Waals surface area contributed by atoms with E-state index in [2.05, 4.69) is 34.5 Å². The van der Waals surface area contributed by atoms with E-state index in [9.17, 15) is 26.6 Å². The van der Waals surface area contributed by atoms with Crippen LogP contribution in [0.15, 0.2) is 56.3 Å². The van der Waals surface area contributed by atoms with Gasteiger partial charge in [0.25, 0.3) is 0 Å². The van der Waals surface area contributed by atoms with Crippen molar-refractivity contribution in [2.45, 2.75) is 63.9 Å². The molecule has 0 radical (unpaired) electrons. The summed E-state index contributed by atoms with van der Waals surface area (Å²) in [6, 6.07) is 9.29. The number of hydrogen-bond acceptors (Lipinski definition) is 15. The number of anilines is 1. The van der Waals surface area contributed by atoms with Crippen molar-refractivity contribution >= 4 is 55.0 Å². The van der Waals surface area contributed by atoms with E-state index in [-0.39, 0.29) is 77.1 Å². The fourth-order valence-electron chi connectivity index (χ4n) is 4.93. The third-order valence-corrected chi connectivity index (χ3v) is 9.40. The molecule has 50 heavy (non-hydrogen) atoms. The Morgan fingerprint density at radius 1 is 1.10 bits per heavy atom. The SMILES string of the molecule is CCN(CCNS(C)(=O)=O)c1ccc(N=C2C(C(C)(C)C)=Nn3c2nnc3C(C)NCc2cc(SOO[O-])cc(S(=O)(=O)[O-])c2)c(C)c1.[Na+].[Na+]. The van der Waals surface area contributed by atoms with Gasteiger partial charge in [-0.05, 0) is 68.3 Å². The Labute approximate surface area is 341 Å². The second kappa shape index (κ2) is 18.7. The summed E-state index contributed by atoms with van der Waals surface area (Å²) in [5.74, 6) is 0.942. The van der Waals surface area contributed by atoms with Crippen molar-refractivity contribution in [3.05, 3.63) is 59.2 Å². The number of nitrogens with one attached hydrogen (secondary N) is 2. The summed E-state index contributed by atoms with van der Waals surface area (Å²) in [5, 5.41) is 30.5. The zero-order valence-corrected chi connectivity index (χ0v) is 36.0. The normalized spacial score (nSPS) is 14.5. The molecule has 262 valence electrons. The van der Waals surface area contributed by atoms with Gasteiger partial charge in [-0.25, -0.2) is 26.6 Å². The summed E-state index contributed by atoms with van der Waals surface area (Å²) < 4.78 is 66.5. The summed E-state index contributed by atoms with van der Waals surface area (Å²) in [4.78, 5) is 6.77. The molecule has 0 amide bonds. The van der Waals surface area contributed by atoms with Crippen molar-refractivity contribution in [1.82, 2.24) is 24.9 Å². The first kappa shape index (κ1) is 44.9. The largest absolute Gasteiger partial charge is 1.00 e. The molecule has 0 saturated heterocycles. The molecule has 16 nitrogen and oxygen atoms in total. The first-order chi connectivity index (χ1) is 22.4. The molecule has 2 N–H and O–H groups in total. The molecule has 1 atom stereocenters. The molecular weight excluding hydrogens is 731 g/mol.